The Kier molecular flexibility index (Phi) is 3.22. The van der Waals surface area contributed by atoms with E-state index in [0.717, 1.165) is 11.4 Å². The zero-order valence-electron chi connectivity index (χ0n) is 11.1. The van der Waals surface area contributed by atoms with Gasteiger partial charge in [-0.25, -0.2) is 9.97 Å². The first-order chi connectivity index (χ1) is 8.02. The van der Waals surface area contributed by atoms with Gasteiger partial charge in [0.2, 0.25) is 5.88 Å². The largest absolute Gasteiger partial charge is 0.481 e. The zero-order chi connectivity index (χ0) is 12.5. The van der Waals surface area contributed by atoms with Crippen LogP contribution in [0.2, 0.25) is 0 Å². The van der Waals surface area contributed by atoms with Crippen LogP contribution in [0.25, 0.3) is 0 Å². The molecule has 0 bridgehead atoms. The molecule has 0 spiro atoms. The second kappa shape index (κ2) is 4.51. The second-order valence-corrected chi connectivity index (χ2v) is 5.60. The standard InChI is InChI=1S/C13H21N3O/c1-9-11(14-8-15-12(9)17-4)16-10-5-6-13(2,3)7-10/h8,10H,5-7H2,1-4H3,(H,14,15,16). The van der Waals surface area contributed by atoms with Gasteiger partial charge in [0.15, 0.2) is 0 Å². The maximum absolute atomic E-state index is 5.20. The summed E-state index contributed by atoms with van der Waals surface area (Å²) >= 11 is 0. The number of nitrogens with one attached hydrogen (secondary N) is 1. The van der Waals surface area contributed by atoms with E-state index in [4.69, 9.17) is 4.74 Å². The predicted molar refractivity (Wildman–Crippen MR) is 68.4 cm³/mol. The van der Waals surface area contributed by atoms with E-state index >= 15 is 0 Å². The van der Waals surface area contributed by atoms with E-state index in [-0.39, 0.29) is 0 Å². The Hall–Kier alpha value is -1.32. The molecule has 17 heavy (non-hydrogen) atoms. The fraction of sp³-hybridized carbons (Fsp3) is 0.692. The molecule has 0 aliphatic heterocycles. The van der Waals surface area contributed by atoms with Crippen LogP contribution in [0.4, 0.5) is 5.82 Å². The molecule has 1 saturated carbocycles. The zero-order valence-corrected chi connectivity index (χ0v) is 11.1. The van der Waals surface area contributed by atoms with E-state index in [0.29, 0.717) is 17.3 Å². The van der Waals surface area contributed by atoms with Crippen LogP contribution >= 0.6 is 0 Å². The Morgan fingerprint density at radius 1 is 1.41 bits per heavy atom. The number of aromatic nitrogens is 2. The van der Waals surface area contributed by atoms with Gasteiger partial charge in [0, 0.05) is 6.04 Å². The van der Waals surface area contributed by atoms with Crippen molar-refractivity contribution in [3.05, 3.63) is 11.9 Å². The van der Waals surface area contributed by atoms with Crippen LogP contribution in [0, 0.1) is 12.3 Å². The van der Waals surface area contributed by atoms with E-state index in [1.54, 1.807) is 13.4 Å². The molecule has 1 fully saturated rings. The van der Waals surface area contributed by atoms with Crippen LogP contribution < -0.4 is 10.1 Å². The van der Waals surface area contributed by atoms with Crippen LogP contribution in [0.3, 0.4) is 0 Å². The van der Waals surface area contributed by atoms with Crippen LogP contribution in [-0.2, 0) is 0 Å². The van der Waals surface area contributed by atoms with Crippen LogP contribution in [0.1, 0.15) is 38.7 Å². The summed E-state index contributed by atoms with van der Waals surface area (Å²) in [5.41, 5.74) is 1.43. The number of anilines is 1. The average molecular weight is 235 g/mol. The SMILES string of the molecule is COc1ncnc(NC2CCC(C)(C)C2)c1C. The highest BCUT2D eigenvalue weighted by atomic mass is 16.5. The van der Waals surface area contributed by atoms with Crippen LogP contribution in [0.5, 0.6) is 5.88 Å². The maximum Gasteiger partial charge on any atom is 0.221 e. The van der Waals surface area contributed by atoms with Gasteiger partial charge in [0.05, 0.1) is 12.7 Å². The van der Waals surface area contributed by atoms with Crippen molar-refractivity contribution in [2.24, 2.45) is 5.41 Å². The topological polar surface area (TPSA) is 47.0 Å². The van der Waals surface area contributed by atoms with Gasteiger partial charge in [0.25, 0.3) is 0 Å². The smallest absolute Gasteiger partial charge is 0.221 e. The Labute approximate surface area is 103 Å². The molecule has 4 nitrogen and oxygen atoms in total. The summed E-state index contributed by atoms with van der Waals surface area (Å²) < 4.78 is 5.20. The molecule has 0 radical (unpaired) electrons. The minimum Gasteiger partial charge on any atom is -0.481 e. The minimum atomic E-state index is 0.447. The van der Waals surface area contributed by atoms with Gasteiger partial charge in [0.1, 0.15) is 12.1 Å². The van der Waals surface area contributed by atoms with Gasteiger partial charge >= 0.3 is 0 Å². The first-order valence-corrected chi connectivity index (χ1v) is 6.14. The van der Waals surface area contributed by atoms with Gasteiger partial charge < -0.3 is 10.1 Å². The highest BCUT2D eigenvalue weighted by Crippen LogP contribution is 2.38. The van der Waals surface area contributed by atoms with E-state index in [1.165, 1.54) is 19.3 Å². The Bertz CT molecular complexity index is 404. The van der Waals surface area contributed by atoms with Crippen LogP contribution in [0.15, 0.2) is 6.33 Å². The summed E-state index contributed by atoms with van der Waals surface area (Å²) in [5.74, 6) is 1.55. The van der Waals surface area contributed by atoms with E-state index in [9.17, 15) is 0 Å². The van der Waals surface area contributed by atoms with E-state index in [1.807, 2.05) is 6.92 Å². The van der Waals surface area contributed by atoms with Crippen molar-refractivity contribution in [3.8, 4) is 5.88 Å². The summed E-state index contributed by atoms with van der Waals surface area (Å²) in [4.78, 5) is 8.38. The molecule has 0 aromatic carbocycles. The molecule has 1 N–H and O–H groups in total. The highest BCUT2D eigenvalue weighted by Gasteiger charge is 2.31. The molecule has 2 rings (SSSR count). The minimum absolute atomic E-state index is 0.447. The summed E-state index contributed by atoms with van der Waals surface area (Å²) in [7, 11) is 1.64. The van der Waals surface area contributed by atoms with Gasteiger partial charge in [-0.2, -0.15) is 0 Å². The van der Waals surface area contributed by atoms with E-state index in [2.05, 4.69) is 29.1 Å². The summed E-state index contributed by atoms with van der Waals surface area (Å²) in [6.07, 6.45) is 5.22. The van der Waals surface area contributed by atoms with Crippen LogP contribution in [-0.4, -0.2) is 23.1 Å². The average Bonchev–Trinajstić information content (AvgIpc) is 2.61. The number of rotatable bonds is 3. The highest BCUT2D eigenvalue weighted by molar-refractivity contribution is 5.48. The maximum atomic E-state index is 5.20. The third-order valence-electron chi connectivity index (χ3n) is 3.54. The first kappa shape index (κ1) is 12.1. The molecule has 1 aromatic heterocycles. The number of nitrogens with zero attached hydrogens (tertiary/aromatic N) is 2. The number of methoxy groups -OCH3 is 1. The number of hydrogen-bond acceptors (Lipinski definition) is 4. The molecule has 94 valence electrons. The predicted octanol–water partition coefficient (Wildman–Crippen LogP) is 2.78. The molecule has 1 atom stereocenters. The Balaban J connectivity index is 2.09. The first-order valence-electron chi connectivity index (χ1n) is 6.14. The molecule has 1 unspecified atom stereocenters. The van der Waals surface area contributed by atoms with Gasteiger partial charge in [-0.3, -0.25) is 0 Å². The van der Waals surface area contributed by atoms with Gasteiger partial charge in [-0.05, 0) is 31.6 Å². The van der Waals surface area contributed by atoms with Gasteiger partial charge in [-0.15, -0.1) is 0 Å². The molecule has 1 aromatic rings. The quantitative estimate of drug-likeness (QED) is 0.875. The number of hydrogen-bond donors (Lipinski definition) is 1. The molecule has 0 amide bonds. The Morgan fingerprint density at radius 3 is 2.76 bits per heavy atom. The lowest BCUT2D eigenvalue weighted by Crippen LogP contribution is -2.19. The van der Waals surface area contributed by atoms with Crippen molar-refractivity contribution in [2.75, 3.05) is 12.4 Å². The fourth-order valence-electron chi connectivity index (χ4n) is 2.54. The van der Waals surface area contributed by atoms with Crippen molar-refractivity contribution in [2.45, 2.75) is 46.1 Å². The van der Waals surface area contributed by atoms with E-state index < -0.39 is 0 Å². The third kappa shape index (κ3) is 2.68. The third-order valence-corrected chi connectivity index (χ3v) is 3.54. The van der Waals surface area contributed by atoms with Gasteiger partial charge in [-0.1, -0.05) is 13.8 Å². The monoisotopic (exact) mass is 235 g/mol. The summed E-state index contributed by atoms with van der Waals surface area (Å²) in [6.45, 7) is 6.63. The molecule has 1 heterocycles. The summed E-state index contributed by atoms with van der Waals surface area (Å²) in [5, 5.41) is 3.51. The molecule has 1 aliphatic rings. The van der Waals surface area contributed by atoms with Crippen molar-refractivity contribution >= 4 is 5.82 Å². The van der Waals surface area contributed by atoms with Crippen molar-refractivity contribution < 1.29 is 4.74 Å². The fourth-order valence-corrected chi connectivity index (χ4v) is 2.54. The van der Waals surface area contributed by atoms with Crippen molar-refractivity contribution in [3.63, 3.8) is 0 Å². The molecular formula is C13H21N3O. The number of ether oxygens (including phenoxy) is 1. The molecule has 1 aliphatic carbocycles. The van der Waals surface area contributed by atoms with Crippen molar-refractivity contribution in [1.29, 1.82) is 0 Å². The molecule has 0 saturated heterocycles. The van der Waals surface area contributed by atoms with Crippen molar-refractivity contribution in [1.82, 2.24) is 9.97 Å². The Morgan fingerprint density at radius 2 is 2.18 bits per heavy atom. The molecule has 4 heteroatoms. The lowest BCUT2D eigenvalue weighted by Gasteiger charge is -2.19. The lowest BCUT2D eigenvalue weighted by molar-refractivity contribution is 0.378. The lowest BCUT2D eigenvalue weighted by atomic mass is 9.92. The normalized spacial score (nSPS) is 22.5. The summed E-state index contributed by atoms with van der Waals surface area (Å²) in [6, 6.07) is 0.517. The second-order valence-electron chi connectivity index (χ2n) is 5.60. The molecular weight excluding hydrogens is 214 g/mol.